The SMILES string of the molecule is O=C1c2cccc3cccc(c23)C(=O)N1CCCNc1ccccc1. The Balaban J connectivity index is 1.50. The lowest BCUT2D eigenvalue weighted by molar-refractivity contribution is 0.0610. The van der Waals surface area contributed by atoms with Gasteiger partial charge in [-0.15, -0.1) is 0 Å². The number of carbonyl (C=O) groups excluding carboxylic acids is 2. The first-order valence-electron chi connectivity index (χ1n) is 8.42. The molecule has 1 heterocycles. The number of benzene rings is 3. The zero-order valence-electron chi connectivity index (χ0n) is 13.7. The van der Waals surface area contributed by atoms with Crippen molar-refractivity contribution in [2.75, 3.05) is 18.4 Å². The van der Waals surface area contributed by atoms with E-state index in [1.165, 1.54) is 4.90 Å². The molecule has 0 saturated heterocycles. The second-order valence-electron chi connectivity index (χ2n) is 6.12. The molecule has 0 fully saturated rings. The highest BCUT2D eigenvalue weighted by Crippen LogP contribution is 2.29. The molecule has 3 aromatic carbocycles. The molecule has 4 heteroatoms. The maximum Gasteiger partial charge on any atom is 0.261 e. The number of rotatable bonds is 5. The predicted octanol–water partition coefficient (Wildman–Crippen LogP) is 3.94. The highest BCUT2D eigenvalue weighted by molar-refractivity contribution is 6.25. The molecule has 0 radical (unpaired) electrons. The van der Waals surface area contributed by atoms with E-state index >= 15 is 0 Å². The van der Waals surface area contributed by atoms with Crippen LogP contribution in [-0.4, -0.2) is 29.8 Å². The Kier molecular flexibility index (Phi) is 3.94. The summed E-state index contributed by atoms with van der Waals surface area (Å²) in [4.78, 5) is 26.9. The number of imide groups is 1. The molecule has 124 valence electrons. The number of nitrogens with one attached hydrogen (secondary N) is 1. The van der Waals surface area contributed by atoms with Crippen molar-refractivity contribution in [2.45, 2.75) is 6.42 Å². The van der Waals surface area contributed by atoms with Gasteiger partial charge in [0.15, 0.2) is 0 Å². The zero-order valence-corrected chi connectivity index (χ0v) is 13.7. The minimum absolute atomic E-state index is 0.200. The molecule has 25 heavy (non-hydrogen) atoms. The van der Waals surface area contributed by atoms with Gasteiger partial charge in [-0.25, -0.2) is 0 Å². The van der Waals surface area contributed by atoms with E-state index in [1.54, 1.807) is 12.1 Å². The monoisotopic (exact) mass is 330 g/mol. The van der Waals surface area contributed by atoms with Crippen LogP contribution in [0, 0.1) is 0 Å². The summed E-state index contributed by atoms with van der Waals surface area (Å²) in [6, 6.07) is 21.1. The van der Waals surface area contributed by atoms with Gasteiger partial charge in [0, 0.05) is 35.3 Å². The molecule has 0 unspecified atom stereocenters. The lowest BCUT2D eigenvalue weighted by Gasteiger charge is -2.27. The molecule has 0 spiro atoms. The van der Waals surface area contributed by atoms with Gasteiger partial charge in [0.2, 0.25) is 0 Å². The standard InChI is InChI=1S/C21H18N2O2/c24-20-17-11-4-7-15-8-5-12-18(19(15)17)21(25)23(20)14-6-13-22-16-9-2-1-3-10-16/h1-5,7-12,22H,6,13-14H2. The average Bonchev–Trinajstić information content (AvgIpc) is 2.66. The third-order valence-electron chi connectivity index (χ3n) is 4.52. The molecule has 0 bridgehead atoms. The summed E-state index contributed by atoms with van der Waals surface area (Å²) in [5, 5.41) is 5.01. The molecule has 4 nitrogen and oxygen atoms in total. The number of anilines is 1. The van der Waals surface area contributed by atoms with Gasteiger partial charge in [-0.1, -0.05) is 42.5 Å². The molecule has 4 rings (SSSR count). The highest BCUT2D eigenvalue weighted by atomic mass is 16.2. The number of para-hydroxylation sites is 1. The third kappa shape index (κ3) is 2.76. The summed E-state index contributed by atoms with van der Waals surface area (Å²) in [5.74, 6) is -0.400. The van der Waals surface area contributed by atoms with E-state index in [4.69, 9.17) is 0 Å². The maximum atomic E-state index is 12.8. The molecule has 0 aliphatic carbocycles. The zero-order chi connectivity index (χ0) is 17.2. The number of nitrogens with zero attached hydrogens (tertiary/aromatic N) is 1. The second-order valence-corrected chi connectivity index (χ2v) is 6.12. The fraction of sp³-hybridized carbons (Fsp3) is 0.143. The largest absolute Gasteiger partial charge is 0.385 e. The van der Waals surface area contributed by atoms with Crippen LogP contribution in [0.5, 0.6) is 0 Å². The molecule has 2 amide bonds. The van der Waals surface area contributed by atoms with Crippen LogP contribution in [0.3, 0.4) is 0 Å². The van der Waals surface area contributed by atoms with Crippen LogP contribution >= 0.6 is 0 Å². The quantitative estimate of drug-likeness (QED) is 0.569. The first kappa shape index (κ1) is 15.4. The van der Waals surface area contributed by atoms with E-state index in [2.05, 4.69) is 5.32 Å². The summed E-state index contributed by atoms with van der Waals surface area (Å²) in [7, 11) is 0. The number of carbonyl (C=O) groups is 2. The lowest BCUT2D eigenvalue weighted by atomic mass is 9.94. The molecule has 0 atom stereocenters. The smallest absolute Gasteiger partial charge is 0.261 e. The van der Waals surface area contributed by atoms with Gasteiger partial charge in [0.1, 0.15) is 0 Å². The molecular weight excluding hydrogens is 312 g/mol. The van der Waals surface area contributed by atoms with Gasteiger partial charge in [-0.05, 0) is 36.1 Å². The number of amides is 2. The van der Waals surface area contributed by atoms with E-state index < -0.39 is 0 Å². The summed E-state index contributed by atoms with van der Waals surface area (Å²) < 4.78 is 0. The minimum atomic E-state index is -0.200. The average molecular weight is 330 g/mol. The Labute approximate surface area is 146 Å². The Morgan fingerprint density at radius 1 is 0.760 bits per heavy atom. The Morgan fingerprint density at radius 2 is 1.40 bits per heavy atom. The molecule has 0 saturated carbocycles. The van der Waals surface area contributed by atoms with Crippen LogP contribution in [-0.2, 0) is 0 Å². The summed E-state index contributed by atoms with van der Waals surface area (Å²) in [5.41, 5.74) is 2.27. The van der Waals surface area contributed by atoms with Crippen molar-refractivity contribution in [1.82, 2.24) is 4.90 Å². The fourth-order valence-electron chi connectivity index (χ4n) is 3.31. The molecule has 3 aromatic rings. The summed E-state index contributed by atoms with van der Waals surface area (Å²) in [6.45, 7) is 1.11. The second kappa shape index (κ2) is 6.40. The van der Waals surface area contributed by atoms with Crippen LogP contribution < -0.4 is 5.32 Å². The number of hydrogen-bond donors (Lipinski definition) is 1. The first-order chi connectivity index (χ1) is 12.3. The van der Waals surface area contributed by atoms with E-state index in [-0.39, 0.29) is 11.8 Å². The fourth-order valence-corrected chi connectivity index (χ4v) is 3.31. The number of hydrogen-bond acceptors (Lipinski definition) is 3. The first-order valence-corrected chi connectivity index (χ1v) is 8.42. The van der Waals surface area contributed by atoms with Crippen LogP contribution in [0.1, 0.15) is 27.1 Å². The van der Waals surface area contributed by atoms with Gasteiger partial charge in [-0.2, -0.15) is 0 Å². The van der Waals surface area contributed by atoms with Gasteiger partial charge in [-0.3, -0.25) is 14.5 Å². The lowest BCUT2D eigenvalue weighted by Crippen LogP contribution is -2.41. The maximum absolute atomic E-state index is 12.8. The van der Waals surface area contributed by atoms with Gasteiger partial charge in [0.25, 0.3) is 11.8 Å². The predicted molar refractivity (Wildman–Crippen MR) is 98.9 cm³/mol. The Morgan fingerprint density at radius 3 is 2.04 bits per heavy atom. The highest BCUT2D eigenvalue weighted by Gasteiger charge is 2.31. The van der Waals surface area contributed by atoms with E-state index in [0.29, 0.717) is 30.6 Å². The van der Waals surface area contributed by atoms with Crippen molar-refractivity contribution >= 4 is 28.3 Å². The Bertz CT molecular complexity index is 900. The van der Waals surface area contributed by atoms with Crippen molar-refractivity contribution in [1.29, 1.82) is 0 Å². The van der Waals surface area contributed by atoms with Gasteiger partial charge < -0.3 is 5.32 Å². The van der Waals surface area contributed by atoms with Crippen molar-refractivity contribution in [2.24, 2.45) is 0 Å². The van der Waals surface area contributed by atoms with Crippen molar-refractivity contribution in [3.05, 3.63) is 77.9 Å². The van der Waals surface area contributed by atoms with Gasteiger partial charge >= 0.3 is 0 Å². The van der Waals surface area contributed by atoms with Crippen molar-refractivity contribution in [3.63, 3.8) is 0 Å². The Hall–Kier alpha value is -3.14. The summed E-state index contributed by atoms with van der Waals surface area (Å²) >= 11 is 0. The molecular formula is C21H18N2O2. The molecule has 1 aliphatic heterocycles. The van der Waals surface area contributed by atoms with E-state index in [1.807, 2.05) is 54.6 Å². The van der Waals surface area contributed by atoms with Crippen LogP contribution in [0.2, 0.25) is 0 Å². The van der Waals surface area contributed by atoms with Crippen LogP contribution in [0.15, 0.2) is 66.7 Å². The third-order valence-corrected chi connectivity index (χ3v) is 4.52. The van der Waals surface area contributed by atoms with Gasteiger partial charge in [0.05, 0.1) is 0 Å². The van der Waals surface area contributed by atoms with E-state index in [9.17, 15) is 9.59 Å². The van der Waals surface area contributed by atoms with Crippen LogP contribution in [0.25, 0.3) is 10.8 Å². The normalized spacial score (nSPS) is 13.4. The molecule has 1 aliphatic rings. The molecule has 0 aromatic heterocycles. The van der Waals surface area contributed by atoms with Crippen molar-refractivity contribution < 1.29 is 9.59 Å². The van der Waals surface area contributed by atoms with Crippen LogP contribution in [0.4, 0.5) is 5.69 Å². The minimum Gasteiger partial charge on any atom is -0.385 e. The van der Waals surface area contributed by atoms with Crippen molar-refractivity contribution in [3.8, 4) is 0 Å². The summed E-state index contributed by atoms with van der Waals surface area (Å²) in [6.07, 6.45) is 0.699. The topological polar surface area (TPSA) is 49.4 Å². The van der Waals surface area contributed by atoms with E-state index in [0.717, 1.165) is 16.5 Å². The molecule has 1 N–H and O–H groups in total.